The highest BCUT2D eigenvalue weighted by Gasteiger charge is 2.52. The Labute approximate surface area is 101 Å². The van der Waals surface area contributed by atoms with Crippen LogP contribution in [0.2, 0.25) is 0 Å². The molecule has 0 N–H and O–H groups in total. The molecule has 2 fully saturated rings. The Hall–Kier alpha value is -0.845. The molecule has 0 saturated carbocycles. The molecule has 1 unspecified atom stereocenters. The van der Waals surface area contributed by atoms with Crippen molar-refractivity contribution in [2.75, 3.05) is 6.61 Å². The molecule has 6 heteroatoms. The van der Waals surface area contributed by atoms with Crippen molar-refractivity contribution < 1.29 is 14.0 Å². The van der Waals surface area contributed by atoms with Crippen LogP contribution in [0.3, 0.4) is 0 Å². The van der Waals surface area contributed by atoms with Crippen LogP contribution in [0.1, 0.15) is 33.9 Å². The van der Waals surface area contributed by atoms with E-state index in [9.17, 15) is 0 Å². The Morgan fingerprint density at radius 2 is 1.88 bits per heavy atom. The van der Waals surface area contributed by atoms with Crippen LogP contribution >= 0.6 is 0 Å². The van der Waals surface area contributed by atoms with E-state index in [0.29, 0.717) is 0 Å². The summed E-state index contributed by atoms with van der Waals surface area (Å²) < 4.78 is 18.9. The SMILES string of the molecule is CC1(C)OB(c2cnn(C3CO3)c2)OC1(C)C. The molecule has 17 heavy (non-hydrogen) atoms. The van der Waals surface area contributed by atoms with Gasteiger partial charge >= 0.3 is 7.12 Å². The van der Waals surface area contributed by atoms with E-state index in [0.717, 1.165) is 12.1 Å². The second kappa shape index (κ2) is 3.34. The molecule has 2 aliphatic heterocycles. The Kier molecular flexibility index (Phi) is 2.21. The molecule has 1 aromatic rings. The van der Waals surface area contributed by atoms with Crippen LogP contribution in [0.4, 0.5) is 0 Å². The zero-order valence-electron chi connectivity index (χ0n) is 10.6. The summed E-state index contributed by atoms with van der Waals surface area (Å²) in [7, 11) is -0.340. The molecule has 1 atom stereocenters. The summed E-state index contributed by atoms with van der Waals surface area (Å²) in [4.78, 5) is 0. The normalized spacial score (nSPS) is 29.6. The summed E-state index contributed by atoms with van der Waals surface area (Å²) in [6.45, 7) is 8.91. The predicted molar refractivity (Wildman–Crippen MR) is 62.9 cm³/mol. The fourth-order valence-electron chi connectivity index (χ4n) is 1.81. The highest BCUT2D eigenvalue weighted by molar-refractivity contribution is 6.61. The third kappa shape index (κ3) is 1.80. The standard InChI is InChI=1S/C11H17BN2O3/c1-10(2)11(3,4)17-12(16-10)8-5-13-14(6-8)9-7-15-9/h5-6,9H,7H2,1-4H3. The average molecular weight is 236 g/mol. The van der Waals surface area contributed by atoms with Gasteiger partial charge in [-0.3, -0.25) is 0 Å². The zero-order valence-corrected chi connectivity index (χ0v) is 10.6. The Bertz CT molecular complexity index is 424. The number of ether oxygens (including phenoxy) is 1. The maximum atomic E-state index is 5.95. The van der Waals surface area contributed by atoms with Gasteiger partial charge in [-0.2, -0.15) is 5.10 Å². The van der Waals surface area contributed by atoms with E-state index in [1.54, 1.807) is 10.9 Å². The molecule has 1 aromatic heterocycles. The van der Waals surface area contributed by atoms with E-state index in [1.807, 2.05) is 33.9 Å². The first-order valence-electron chi connectivity index (χ1n) is 5.90. The molecule has 0 radical (unpaired) electrons. The van der Waals surface area contributed by atoms with Gasteiger partial charge in [-0.15, -0.1) is 0 Å². The molecule has 0 aromatic carbocycles. The highest BCUT2D eigenvalue weighted by atomic mass is 16.7. The molecular weight excluding hydrogens is 219 g/mol. The molecule has 0 spiro atoms. The van der Waals surface area contributed by atoms with Crippen molar-refractivity contribution in [3.8, 4) is 0 Å². The monoisotopic (exact) mass is 236 g/mol. The van der Waals surface area contributed by atoms with Gasteiger partial charge in [0.2, 0.25) is 0 Å². The van der Waals surface area contributed by atoms with Gasteiger partial charge < -0.3 is 14.0 Å². The number of rotatable bonds is 2. The van der Waals surface area contributed by atoms with E-state index >= 15 is 0 Å². The van der Waals surface area contributed by atoms with E-state index < -0.39 is 0 Å². The van der Waals surface area contributed by atoms with E-state index in [2.05, 4.69) is 5.10 Å². The molecule has 0 aliphatic carbocycles. The molecule has 0 bridgehead atoms. The Balaban J connectivity index is 1.81. The minimum absolute atomic E-state index is 0.103. The second-order valence-corrected chi connectivity index (χ2v) is 5.63. The molecule has 2 aliphatic rings. The molecule has 92 valence electrons. The largest absolute Gasteiger partial charge is 0.498 e. The maximum absolute atomic E-state index is 5.95. The summed E-state index contributed by atoms with van der Waals surface area (Å²) in [5, 5.41) is 4.25. The molecule has 3 heterocycles. The lowest BCUT2D eigenvalue weighted by Gasteiger charge is -2.32. The summed E-state index contributed by atoms with van der Waals surface area (Å²) in [6.07, 6.45) is 3.81. The number of epoxide rings is 1. The number of hydrogen-bond donors (Lipinski definition) is 0. The van der Waals surface area contributed by atoms with E-state index in [-0.39, 0.29) is 24.5 Å². The van der Waals surface area contributed by atoms with Crippen LogP contribution in [-0.4, -0.2) is 34.7 Å². The lowest BCUT2D eigenvalue weighted by atomic mass is 9.82. The van der Waals surface area contributed by atoms with Crippen LogP contribution in [0, 0.1) is 0 Å². The van der Waals surface area contributed by atoms with Crippen LogP contribution in [-0.2, 0) is 14.0 Å². The first-order chi connectivity index (χ1) is 7.89. The predicted octanol–water partition coefficient (Wildman–Crippen LogP) is 0.711. The van der Waals surface area contributed by atoms with Crippen molar-refractivity contribution in [1.82, 2.24) is 9.78 Å². The quantitative estimate of drug-likeness (QED) is 0.560. The van der Waals surface area contributed by atoms with Gasteiger partial charge in [0, 0.05) is 17.9 Å². The van der Waals surface area contributed by atoms with Gasteiger partial charge in [0.05, 0.1) is 17.8 Å². The van der Waals surface area contributed by atoms with Gasteiger partial charge in [-0.25, -0.2) is 4.68 Å². The van der Waals surface area contributed by atoms with Crippen LogP contribution in [0.25, 0.3) is 0 Å². The summed E-state index contributed by atoms with van der Waals surface area (Å²) >= 11 is 0. The first-order valence-corrected chi connectivity index (χ1v) is 5.90. The third-order valence-electron chi connectivity index (χ3n) is 3.76. The van der Waals surface area contributed by atoms with Crippen molar-refractivity contribution in [2.45, 2.75) is 45.1 Å². The summed E-state index contributed by atoms with van der Waals surface area (Å²) in [5.74, 6) is 0. The highest BCUT2D eigenvalue weighted by Crippen LogP contribution is 2.36. The minimum atomic E-state index is -0.340. The van der Waals surface area contributed by atoms with E-state index in [4.69, 9.17) is 14.0 Å². The maximum Gasteiger partial charge on any atom is 0.498 e. The summed E-state index contributed by atoms with van der Waals surface area (Å²) in [6, 6.07) is 0. The van der Waals surface area contributed by atoms with Gasteiger partial charge in [0.1, 0.15) is 0 Å². The van der Waals surface area contributed by atoms with Crippen LogP contribution < -0.4 is 5.46 Å². The van der Waals surface area contributed by atoms with Gasteiger partial charge in [0.25, 0.3) is 0 Å². The van der Waals surface area contributed by atoms with Gasteiger partial charge in [0.15, 0.2) is 6.23 Å². The van der Waals surface area contributed by atoms with Crippen molar-refractivity contribution in [2.24, 2.45) is 0 Å². The molecule has 5 nitrogen and oxygen atoms in total. The molecule has 0 amide bonds. The van der Waals surface area contributed by atoms with Crippen LogP contribution in [0.15, 0.2) is 12.4 Å². The lowest BCUT2D eigenvalue weighted by molar-refractivity contribution is 0.00578. The number of aromatic nitrogens is 2. The van der Waals surface area contributed by atoms with Crippen LogP contribution in [0.5, 0.6) is 0 Å². The first kappa shape index (κ1) is 11.3. The zero-order chi connectivity index (χ0) is 12.3. The molecule has 2 saturated heterocycles. The second-order valence-electron chi connectivity index (χ2n) is 5.63. The van der Waals surface area contributed by atoms with Gasteiger partial charge in [-0.1, -0.05) is 0 Å². The molecule has 3 rings (SSSR count). The van der Waals surface area contributed by atoms with Crippen molar-refractivity contribution in [3.63, 3.8) is 0 Å². The van der Waals surface area contributed by atoms with Crippen molar-refractivity contribution >= 4 is 12.6 Å². The third-order valence-corrected chi connectivity index (χ3v) is 3.76. The Morgan fingerprint density at radius 3 is 2.41 bits per heavy atom. The fourth-order valence-corrected chi connectivity index (χ4v) is 1.81. The fraction of sp³-hybridized carbons (Fsp3) is 0.727. The van der Waals surface area contributed by atoms with Crippen molar-refractivity contribution in [3.05, 3.63) is 12.4 Å². The smallest absolute Gasteiger partial charge is 0.399 e. The van der Waals surface area contributed by atoms with E-state index in [1.165, 1.54) is 0 Å². The lowest BCUT2D eigenvalue weighted by Crippen LogP contribution is -2.41. The number of hydrogen-bond acceptors (Lipinski definition) is 4. The molecular formula is C11H17BN2O3. The number of nitrogens with zero attached hydrogens (tertiary/aromatic N) is 2. The topological polar surface area (TPSA) is 48.8 Å². The Morgan fingerprint density at radius 1 is 1.29 bits per heavy atom. The minimum Gasteiger partial charge on any atom is -0.399 e. The summed E-state index contributed by atoms with van der Waals surface area (Å²) in [5.41, 5.74) is 0.324. The average Bonchev–Trinajstić information content (AvgIpc) is 2.89. The van der Waals surface area contributed by atoms with Gasteiger partial charge in [-0.05, 0) is 27.7 Å². The van der Waals surface area contributed by atoms with Crippen molar-refractivity contribution in [1.29, 1.82) is 0 Å².